The standard InChI is InChI=1S/C11H4F10O6S3/c1-2-3-4(12)6(14)8(7(15)5(3)13)28(22,23)9(29(24,25)10(16,17)18)30(26,27)11(19,20)21/h2,9H,1H2. The maximum absolute atomic E-state index is 14.0. The van der Waals surface area contributed by atoms with Gasteiger partial charge in [0.2, 0.25) is 9.84 Å². The van der Waals surface area contributed by atoms with Crippen molar-refractivity contribution < 1.29 is 69.2 Å². The summed E-state index contributed by atoms with van der Waals surface area (Å²) >= 11 is 0. The molecule has 0 heterocycles. The lowest BCUT2D eigenvalue weighted by Gasteiger charge is -2.22. The predicted octanol–water partition coefficient (Wildman–Crippen LogP) is 2.81. The van der Waals surface area contributed by atoms with Gasteiger partial charge in [-0.2, -0.15) is 26.3 Å². The van der Waals surface area contributed by atoms with Crippen LogP contribution in [0.15, 0.2) is 11.5 Å². The van der Waals surface area contributed by atoms with Gasteiger partial charge in [-0.3, -0.25) is 0 Å². The predicted molar refractivity (Wildman–Crippen MR) is 77.3 cm³/mol. The van der Waals surface area contributed by atoms with Crippen molar-refractivity contribution in [1.82, 2.24) is 0 Å². The molecule has 0 aliphatic heterocycles. The van der Waals surface area contributed by atoms with Crippen molar-refractivity contribution in [3.05, 3.63) is 35.4 Å². The van der Waals surface area contributed by atoms with Gasteiger partial charge in [0.1, 0.15) is 4.90 Å². The van der Waals surface area contributed by atoms with Gasteiger partial charge in [-0.1, -0.05) is 12.7 Å². The molecule has 0 aliphatic carbocycles. The van der Waals surface area contributed by atoms with Crippen LogP contribution in [0, 0.1) is 23.3 Å². The molecule has 0 bridgehead atoms. The van der Waals surface area contributed by atoms with Crippen LogP contribution >= 0.6 is 0 Å². The third-order valence-corrected chi connectivity index (χ3v) is 11.4. The maximum Gasteiger partial charge on any atom is 0.499 e. The van der Waals surface area contributed by atoms with E-state index in [1.54, 1.807) is 0 Å². The molecule has 0 radical (unpaired) electrons. The van der Waals surface area contributed by atoms with Crippen LogP contribution in [0.5, 0.6) is 0 Å². The second kappa shape index (κ2) is 7.36. The van der Waals surface area contributed by atoms with Gasteiger partial charge in [-0.05, 0) is 0 Å². The molecule has 1 aromatic rings. The molecule has 0 unspecified atom stereocenters. The van der Waals surface area contributed by atoms with Gasteiger partial charge in [-0.25, -0.2) is 42.8 Å². The van der Waals surface area contributed by atoms with Gasteiger partial charge in [0, 0.05) is 0 Å². The Kier molecular flexibility index (Phi) is 6.41. The quantitative estimate of drug-likeness (QED) is 0.439. The van der Waals surface area contributed by atoms with Crippen LogP contribution in [0.3, 0.4) is 0 Å². The average Bonchev–Trinajstić information content (AvgIpc) is 2.50. The summed E-state index contributed by atoms with van der Waals surface area (Å²) in [5.74, 6) is -11.8. The van der Waals surface area contributed by atoms with E-state index in [2.05, 4.69) is 6.58 Å². The van der Waals surface area contributed by atoms with Crippen molar-refractivity contribution >= 4 is 35.6 Å². The van der Waals surface area contributed by atoms with Crippen LogP contribution in [0.4, 0.5) is 43.9 Å². The second-order valence-electron chi connectivity index (χ2n) is 5.02. The first-order chi connectivity index (χ1) is 13.1. The summed E-state index contributed by atoms with van der Waals surface area (Å²) in [7, 11) is -23.4. The van der Waals surface area contributed by atoms with Crippen LogP contribution in [0.1, 0.15) is 5.56 Å². The normalized spacial score (nSPS) is 14.2. The van der Waals surface area contributed by atoms with Crippen molar-refractivity contribution in [3.8, 4) is 0 Å². The van der Waals surface area contributed by atoms with Gasteiger partial charge in [-0.15, -0.1) is 0 Å². The van der Waals surface area contributed by atoms with E-state index < -0.39 is 78.2 Å². The fraction of sp³-hybridized carbons (Fsp3) is 0.273. The summed E-state index contributed by atoms with van der Waals surface area (Å²) in [5, 5.41) is 0. The van der Waals surface area contributed by atoms with E-state index in [1.807, 2.05) is 0 Å². The van der Waals surface area contributed by atoms with Crippen LogP contribution in [-0.4, -0.2) is 40.2 Å². The summed E-state index contributed by atoms with van der Waals surface area (Å²) < 4.78 is 195. The Morgan fingerprint density at radius 3 is 1.20 bits per heavy atom. The van der Waals surface area contributed by atoms with E-state index in [4.69, 9.17) is 0 Å². The van der Waals surface area contributed by atoms with Crippen molar-refractivity contribution in [2.45, 2.75) is 19.8 Å². The first-order valence-corrected chi connectivity index (χ1v) is 11.0. The lowest BCUT2D eigenvalue weighted by Crippen LogP contribution is -2.49. The highest BCUT2D eigenvalue weighted by molar-refractivity contribution is 8.24. The van der Waals surface area contributed by atoms with Crippen molar-refractivity contribution in [2.24, 2.45) is 0 Å². The third kappa shape index (κ3) is 3.77. The molecule has 172 valence electrons. The Morgan fingerprint density at radius 1 is 0.667 bits per heavy atom. The van der Waals surface area contributed by atoms with E-state index in [-0.39, 0.29) is 6.08 Å². The maximum atomic E-state index is 14.0. The highest BCUT2D eigenvalue weighted by atomic mass is 32.3. The van der Waals surface area contributed by atoms with E-state index in [0.29, 0.717) is 0 Å². The van der Waals surface area contributed by atoms with Gasteiger partial charge >= 0.3 is 11.0 Å². The zero-order chi connectivity index (χ0) is 24.2. The highest BCUT2D eigenvalue weighted by Gasteiger charge is 2.69. The minimum absolute atomic E-state index is 0.0175. The van der Waals surface area contributed by atoms with Gasteiger partial charge in [0.25, 0.3) is 23.6 Å². The average molecular weight is 518 g/mol. The Hall–Kier alpha value is -1.89. The van der Waals surface area contributed by atoms with E-state index in [1.165, 1.54) is 0 Å². The lowest BCUT2D eigenvalue weighted by atomic mass is 10.2. The van der Waals surface area contributed by atoms with Crippen LogP contribution in [0.2, 0.25) is 0 Å². The fourth-order valence-electron chi connectivity index (χ4n) is 1.87. The number of benzene rings is 1. The second-order valence-corrected chi connectivity index (χ2v) is 11.9. The molecule has 19 heteroatoms. The fourth-order valence-corrected chi connectivity index (χ4v) is 9.07. The van der Waals surface area contributed by atoms with Crippen molar-refractivity contribution in [2.75, 3.05) is 0 Å². The third-order valence-electron chi connectivity index (χ3n) is 3.15. The summed E-state index contributed by atoms with van der Waals surface area (Å²) in [6.07, 6.45) is 0.0175. The highest BCUT2D eigenvalue weighted by Crippen LogP contribution is 2.42. The summed E-state index contributed by atoms with van der Waals surface area (Å²) in [4.78, 5) is -3.33. The molecular weight excluding hydrogens is 514 g/mol. The zero-order valence-electron chi connectivity index (χ0n) is 13.3. The Labute approximate surface area is 160 Å². The van der Waals surface area contributed by atoms with Gasteiger partial charge in [0.05, 0.1) is 5.56 Å². The zero-order valence-corrected chi connectivity index (χ0v) is 15.8. The molecule has 0 aliphatic rings. The molecule has 0 atom stereocenters. The molecule has 1 aromatic carbocycles. The molecule has 0 saturated heterocycles. The molecule has 0 amide bonds. The minimum atomic E-state index is -7.95. The monoisotopic (exact) mass is 518 g/mol. The Bertz CT molecular complexity index is 1140. The molecule has 0 N–H and O–H groups in total. The largest absolute Gasteiger partial charge is 0.499 e. The van der Waals surface area contributed by atoms with Crippen LogP contribution in [0.25, 0.3) is 6.08 Å². The summed E-state index contributed by atoms with van der Waals surface area (Å²) in [6.45, 7) is 2.65. The number of sulfone groups is 3. The summed E-state index contributed by atoms with van der Waals surface area (Å²) in [5.41, 5.74) is -15.8. The first kappa shape index (κ1) is 26.1. The van der Waals surface area contributed by atoms with E-state index >= 15 is 0 Å². The summed E-state index contributed by atoms with van der Waals surface area (Å²) in [6, 6.07) is 0. The SMILES string of the molecule is C=Cc1c(F)c(F)c(S(=O)(=O)C(S(=O)(=O)C(F)(F)F)S(=O)(=O)C(F)(F)F)c(F)c1F. The molecular formula is C11H4F10O6S3. The molecule has 0 fully saturated rings. The Morgan fingerprint density at radius 2 is 0.967 bits per heavy atom. The van der Waals surface area contributed by atoms with Crippen molar-refractivity contribution in [3.63, 3.8) is 0 Å². The van der Waals surface area contributed by atoms with Gasteiger partial charge in [0.15, 0.2) is 23.3 Å². The Balaban J connectivity index is 4.30. The first-order valence-electron chi connectivity index (χ1n) is 6.41. The van der Waals surface area contributed by atoms with E-state index in [9.17, 15) is 69.2 Å². The lowest BCUT2D eigenvalue weighted by molar-refractivity contribution is -0.0462. The number of alkyl halides is 6. The molecule has 30 heavy (non-hydrogen) atoms. The van der Waals surface area contributed by atoms with Gasteiger partial charge < -0.3 is 0 Å². The molecule has 1 rings (SSSR count). The smallest absolute Gasteiger partial charge is 0.221 e. The minimum Gasteiger partial charge on any atom is -0.221 e. The molecule has 0 saturated carbocycles. The molecule has 0 aromatic heterocycles. The topological polar surface area (TPSA) is 102 Å². The number of hydrogen-bond acceptors (Lipinski definition) is 6. The number of rotatable bonds is 5. The van der Waals surface area contributed by atoms with Crippen LogP contribution in [-0.2, 0) is 29.5 Å². The molecule has 0 spiro atoms. The number of hydrogen-bond donors (Lipinski definition) is 0. The molecule has 6 nitrogen and oxygen atoms in total. The van der Waals surface area contributed by atoms with Crippen molar-refractivity contribution in [1.29, 1.82) is 0 Å². The van der Waals surface area contributed by atoms with E-state index in [0.717, 1.165) is 0 Å². The number of halogens is 10. The van der Waals surface area contributed by atoms with Crippen LogP contribution < -0.4 is 0 Å².